The molecule has 1 rings (SSSR count). The first kappa shape index (κ1) is 14.7. The van der Waals surface area contributed by atoms with E-state index in [2.05, 4.69) is 5.32 Å². The summed E-state index contributed by atoms with van der Waals surface area (Å²) in [7, 11) is 1.67. The van der Waals surface area contributed by atoms with Gasteiger partial charge in [0.2, 0.25) is 5.91 Å². The van der Waals surface area contributed by atoms with Crippen molar-refractivity contribution in [1.82, 2.24) is 5.32 Å². The van der Waals surface area contributed by atoms with Gasteiger partial charge in [0.1, 0.15) is 5.54 Å². The summed E-state index contributed by atoms with van der Waals surface area (Å²) in [5.74, 6) is -0.147. The molecule has 1 aromatic rings. The molecule has 0 saturated carbocycles. The lowest BCUT2D eigenvalue weighted by Crippen LogP contribution is -2.49. The van der Waals surface area contributed by atoms with Gasteiger partial charge in [-0.25, -0.2) is 0 Å². The fourth-order valence-electron chi connectivity index (χ4n) is 1.67. The molecule has 0 aliphatic rings. The van der Waals surface area contributed by atoms with Crippen LogP contribution in [-0.2, 0) is 15.1 Å². The van der Waals surface area contributed by atoms with Crippen LogP contribution in [0.4, 0.5) is 0 Å². The minimum absolute atomic E-state index is 0.147. The molecule has 0 saturated heterocycles. The Kier molecular flexibility index (Phi) is 5.82. The van der Waals surface area contributed by atoms with Crippen LogP contribution in [-0.4, -0.2) is 26.2 Å². The van der Waals surface area contributed by atoms with Crippen molar-refractivity contribution in [2.45, 2.75) is 25.3 Å². The summed E-state index contributed by atoms with van der Waals surface area (Å²) in [6.07, 6.45) is 1.83. The molecule has 0 aliphatic heterocycles. The first-order valence-electron chi connectivity index (χ1n) is 6.20. The van der Waals surface area contributed by atoms with Gasteiger partial charge in [-0.05, 0) is 25.3 Å². The highest BCUT2D eigenvalue weighted by atomic mass is 16.5. The van der Waals surface area contributed by atoms with Crippen LogP contribution in [0.2, 0.25) is 0 Å². The molecule has 18 heavy (non-hydrogen) atoms. The van der Waals surface area contributed by atoms with Gasteiger partial charge in [-0.1, -0.05) is 30.3 Å². The normalized spacial score (nSPS) is 13.9. The molecule has 1 unspecified atom stereocenters. The smallest absolute Gasteiger partial charge is 0.244 e. The van der Waals surface area contributed by atoms with Gasteiger partial charge in [0.05, 0.1) is 0 Å². The zero-order valence-corrected chi connectivity index (χ0v) is 11.1. The van der Waals surface area contributed by atoms with Crippen molar-refractivity contribution in [3.8, 4) is 0 Å². The number of methoxy groups -OCH3 is 1. The lowest BCUT2D eigenvalue weighted by Gasteiger charge is -2.24. The second-order valence-electron chi connectivity index (χ2n) is 4.52. The van der Waals surface area contributed by atoms with Crippen molar-refractivity contribution in [2.75, 3.05) is 20.3 Å². The van der Waals surface area contributed by atoms with Crippen LogP contribution >= 0.6 is 0 Å². The summed E-state index contributed by atoms with van der Waals surface area (Å²) in [6, 6.07) is 9.40. The van der Waals surface area contributed by atoms with Gasteiger partial charge in [0.15, 0.2) is 0 Å². The highest BCUT2D eigenvalue weighted by Gasteiger charge is 2.29. The van der Waals surface area contributed by atoms with E-state index >= 15 is 0 Å². The van der Waals surface area contributed by atoms with E-state index in [0.29, 0.717) is 13.2 Å². The Morgan fingerprint density at radius 2 is 2.00 bits per heavy atom. The predicted octanol–water partition coefficient (Wildman–Crippen LogP) is 1.40. The molecular formula is C14H22N2O2. The molecule has 0 aliphatic carbocycles. The van der Waals surface area contributed by atoms with Crippen LogP contribution in [0.3, 0.4) is 0 Å². The molecule has 0 bridgehead atoms. The molecule has 4 nitrogen and oxygen atoms in total. The number of carbonyl (C=O) groups is 1. The van der Waals surface area contributed by atoms with Crippen LogP contribution < -0.4 is 11.1 Å². The third-order valence-electron chi connectivity index (χ3n) is 2.91. The number of hydrogen-bond donors (Lipinski definition) is 2. The Bertz CT molecular complexity index is 363. The van der Waals surface area contributed by atoms with Crippen LogP contribution in [0.25, 0.3) is 0 Å². The van der Waals surface area contributed by atoms with Gasteiger partial charge in [-0.3, -0.25) is 4.79 Å². The number of amides is 1. The number of ether oxygens (including phenoxy) is 1. The average Bonchev–Trinajstić information content (AvgIpc) is 2.39. The van der Waals surface area contributed by atoms with Gasteiger partial charge in [0.25, 0.3) is 0 Å². The average molecular weight is 250 g/mol. The van der Waals surface area contributed by atoms with Gasteiger partial charge < -0.3 is 15.8 Å². The number of unbranched alkanes of at least 4 members (excludes halogenated alkanes) is 1. The van der Waals surface area contributed by atoms with E-state index in [-0.39, 0.29) is 5.91 Å². The quantitative estimate of drug-likeness (QED) is 0.719. The minimum Gasteiger partial charge on any atom is -0.385 e. The molecule has 3 N–H and O–H groups in total. The Hall–Kier alpha value is -1.39. The number of hydrogen-bond acceptors (Lipinski definition) is 3. The predicted molar refractivity (Wildman–Crippen MR) is 72.1 cm³/mol. The highest BCUT2D eigenvalue weighted by molar-refractivity contribution is 5.86. The highest BCUT2D eigenvalue weighted by Crippen LogP contribution is 2.17. The molecule has 0 heterocycles. The molecule has 1 aromatic carbocycles. The molecule has 1 atom stereocenters. The topological polar surface area (TPSA) is 64.3 Å². The first-order chi connectivity index (χ1) is 8.59. The van der Waals surface area contributed by atoms with Crippen molar-refractivity contribution in [1.29, 1.82) is 0 Å². The van der Waals surface area contributed by atoms with Crippen molar-refractivity contribution in [3.05, 3.63) is 35.9 Å². The van der Waals surface area contributed by atoms with Crippen molar-refractivity contribution in [3.63, 3.8) is 0 Å². The molecular weight excluding hydrogens is 228 g/mol. The van der Waals surface area contributed by atoms with E-state index in [4.69, 9.17) is 10.5 Å². The standard InChI is InChI=1S/C14H22N2O2/c1-14(15,12-8-4-3-5-9-12)13(17)16-10-6-7-11-18-2/h3-5,8-9H,6-7,10-11,15H2,1-2H3,(H,16,17). The van der Waals surface area contributed by atoms with Crippen molar-refractivity contribution >= 4 is 5.91 Å². The SMILES string of the molecule is COCCCCNC(=O)C(C)(N)c1ccccc1. The Labute approximate surface area is 109 Å². The maximum atomic E-state index is 12.0. The van der Waals surface area contributed by atoms with Crippen LogP contribution in [0, 0.1) is 0 Å². The summed E-state index contributed by atoms with van der Waals surface area (Å²) >= 11 is 0. The minimum atomic E-state index is -0.984. The Morgan fingerprint density at radius 1 is 1.33 bits per heavy atom. The molecule has 0 spiro atoms. The fourth-order valence-corrected chi connectivity index (χ4v) is 1.67. The number of carbonyl (C=O) groups excluding carboxylic acids is 1. The second kappa shape index (κ2) is 7.13. The van der Waals surface area contributed by atoms with Crippen LogP contribution in [0.1, 0.15) is 25.3 Å². The zero-order chi connectivity index (χ0) is 13.4. The summed E-state index contributed by atoms with van der Waals surface area (Å²) in [5, 5.41) is 2.86. The maximum Gasteiger partial charge on any atom is 0.244 e. The number of nitrogens with one attached hydrogen (secondary N) is 1. The van der Waals surface area contributed by atoms with E-state index in [1.54, 1.807) is 14.0 Å². The van der Waals surface area contributed by atoms with Crippen molar-refractivity contribution < 1.29 is 9.53 Å². The molecule has 0 fully saturated rings. The molecule has 4 heteroatoms. The van der Waals surface area contributed by atoms with Gasteiger partial charge in [-0.2, -0.15) is 0 Å². The van der Waals surface area contributed by atoms with Gasteiger partial charge in [0, 0.05) is 20.3 Å². The molecule has 0 radical (unpaired) electrons. The number of rotatable bonds is 7. The molecule has 1 amide bonds. The van der Waals surface area contributed by atoms with E-state index < -0.39 is 5.54 Å². The monoisotopic (exact) mass is 250 g/mol. The third kappa shape index (κ3) is 4.13. The largest absolute Gasteiger partial charge is 0.385 e. The molecule has 0 aromatic heterocycles. The second-order valence-corrected chi connectivity index (χ2v) is 4.52. The third-order valence-corrected chi connectivity index (χ3v) is 2.91. The van der Waals surface area contributed by atoms with Crippen molar-refractivity contribution in [2.24, 2.45) is 5.73 Å². The van der Waals surface area contributed by atoms with Gasteiger partial charge >= 0.3 is 0 Å². The van der Waals surface area contributed by atoms with E-state index in [9.17, 15) is 4.79 Å². The summed E-state index contributed by atoms with van der Waals surface area (Å²) in [4.78, 5) is 12.0. The zero-order valence-electron chi connectivity index (χ0n) is 11.1. The first-order valence-corrected chi connectivity index (χ1v) is 6.20. The lowest BCUT2D eigenvalue weighted by molar-refractivity contribution is -0.126. The van der Waals surface area contributed by atoms with E-state index in [1.165, 1.54) is 0 Å². The Morgan fingerprint density at radius 3 is 2.61 bits per heavy atom. The van der Waals surface area contributed by atoms with E-state index in [1.807, 2.05) is 30.3 Å². The van der Waals surface area contributed by atoms with E-state index in [0.717, 1.165) is 18.4 Å². The maximum absolute atomic E-state index is 12.0. The Balaban J connectivity index is 2.45. The summed E-state index contributed by atoms with van der Waals surface area (Å²) < 4.78 is 4.95. The van der Waals surface area contributed by atoms with Gasteiger partial charge in [-0.15, -0.1) is 0 Å². The summed E-state index contributed by atoms with van der Waals surface area (Å²) in [5.41, 5.74) is 5.92. The number of nitrogens with two attached hydrogens (primary N) is 1. The summed E-state index contributed by atoms with van der Waals surface area (Å²) in [6.45, 7) is 3.07. The lowest BCUT2D eigenvalue weighted by atomic mass is 9.92. The van der Waals surface area contributed by atoms with Crippen LogP contribution in [0.5, 0.6) is 0 Å². The number of benzene rings is 1. The molecule has 100 valence electrons. The fraction of sp³-hybridized carbons (Fsp3) is 0.500. The van der Waals surface area contributed by atoms with Crippen LogP contribution in [0.15, 0.2) is 30.3 Å².